The largest absolute Gasteiger partial charge is 0.305 e. The Morgan fingerprint density at radius 2 is 1.57 bits per heavy atom. The second-order valence-electron chi connectivity index (χ2n) is 3.01. The maximum Gasteiger partial charge on any atom is 0.168 e. The number of imidazole rings is 1. The number of hydrogen-bond donors (Lipinski definition) is 0. The van der Waals surface area contributed by atoms with Crippen molar-refractivity contribution in [1.82, 2.24) is 14.4 Å². The van der Waals surface area contributed by atoms with Gasteiger partial charge < -0.3 is 4.40 Å². The van der Waals surface area contributed by atoms with Crippen molar-refractivity contribution >= 4 is 59.4 Å². The molecule has 0 amide bonds. The molecule has 0 aliphatic carbocycles. The van der Waals surface area contributed by atoms with E-state index in [2.05, 4.69) is 9.97 Å². The molecule has 2 heterocycles. The first kappa shape index (κ1) is 9.44. The highest BCUT2D eigenvalue weighted by Gasteiger charge is 2.10. The fourth-order valence-corrected chi connectivity index (χ4v) is 1.40. The van der Waals surface area contributed by atoms with Crippen LogP contribution in [-0.4, -0.2) is 45.8 Å². The van der Waals surface area contributed by atoms with E-state index in [1.54, 1.807) is 6.92 Å². The number of aromatic nitrogens is 3. The second-order valence-corrected chi connectivity index (χ2v) is 3.01. The quantitative estimate of drug-likeness (QED) is 0.382. The van der Waals surface area contributed by atoms with E-state index in [9.17, 15) is 0 Å². The van der Waals surface area contributed by atoms with E-state index in [1.165, 1.54) is 4.40 Å². The van der Waals surface area contributed by atoms with Gasteiger partial charge in [-0.25, -0.2) is 0 Å². The Morgan fingerprint density at radius 1 is 1.00 bits per heavy atom. The Balaban J connectivity index is 3.05. The summed E-state index contributed by atoms with van der Waals surface area (Å²) < 4.78 is 1.43. The zero-order valence-corrected chi connectivity index (χ0v) is 7.65. The van der Waals surface area contributed by atoms with Gasteiger partial charge in [-0.05, 0) is 6.92 Å². The van der Waals surface area contributed by atoms with Crippen LogP contribution in [-0.2, 0) is 0 Å². The van der Waals surface area contributed by atoms with Gasteiger partial charge in [0.05, 0.1) is 17.0 Å². The van der Waals surface area contributed by atoms with Crippen LogP contribution in [0.4, 0.5) is 0 Å². The third-order valence-electron chi connectivity index (χ3n) is 2.09. The third-order valence-corrected chi connectivity index (χ3v) is 2.09. The van der Waals surface area contributed by atoms with Crippen LogP contribution in [0.5, 0.6) is 0 Å². The summed E-state index contributed by atoms with van der Waals surface area (Å²) in [6.07, 6.45) is 0. The van der Waals surface area contributed by atoms with Crippen molar-refractivity contribution < 1.29 is 0 Å². The minimum atomic E-state index is 0.189. The number of rotatable bonds is 0. The molecular formula is C7H3B4N3. The van der Waals surface area contributed by atoms with Gasteiger partial charge in [0.25, 0.3) is 0 Å². The summed E-state index contributed by atoms with van der Waals surface area (Å²) in [5.74, 6) is 0. The van der Waals surface area contributed by atoms with Gasteiger partial charge in [0.15, 0.2) is 15.7 Å². The van der Waals surface area contributed by atoms with E-state index in [1.807, 2.05) is 0 Å². The molecule has 2 aromatic heterocycles. The Morgan fingerprint density at radius 3 is 2.21 bits per heavy atom. The average molecular weight is 172 g/mol. The molecule has 2 aromatic rings. The molecule has 7 heteroatoms. The van der Waals surface area contributed by atoms with Gasteiger partial charge in [0.1, 0.15) is 15.7 Å². The van der Waals surface area contributed by atoms with Crippen LogP contribution < -0.4 is 22.5 Å². The predicted molar refractivity (Wildman–Crippen MR) is 59.3 cm³/mol. The number of nitrogens with zero attached hydrogens (tertiary/aromatic N) is 3. The van der Waals surface area contributed by atoms with Gasteiger partial charge in [-0.3, -0.25) is 9.97 Å². The van der Waals surface area contributed by atoms with Crippen molar-refractivity contribution in [2.24, 2.45) is 0 Å². The van der Waals surface area contributed by atoms with Gasteiger partial charge in [-0.2, -0.15) is 0 Å². The highest BCUT2D eigenvalue weighted by atomic mass is 15.1. The zero-order valence-electron chi connectivity index (χ0n) is 7.65. The molecule has 0 spiro atoms. The van der Waals surface area contributed by atoms with E-state index in [0.29, 0.717) is 16.7 Å². The maximum absolute atomic E-state index is 5.79. The van der Waals surface area contributed by atoms with Crippen molar-refractivity contribution in [2.75, 3.05) is 0 Å². The first-order chi connectivity index (χ1) is 6.52. The summed E-state index contributed by atoms with van der Waals surface area (Å²) in [6, 6.07) is 0. The van der Waals surface area contributed by atoms with Crippen molar-refractivity contribution in [3.05, 3.63) is 5.69 Å². The standard InChI is InChI=1S/C7H3B4N3/c1-2-3(8)4-5(9)13-7(11)14(4)6(10)12-2/h1H3. The Labute approximate surface area is 87.0 Å². The molecule has 0 aromatic carbocycles. The molecular weight excluding hydrogens is 169 g/mol. The monoisotopic (exact) mass is 173 g/mol. The van der Waals surface area contributed by atoms with Crippen LogP contribution in [0.2, 0.25) is 0 Å². The van der Waals surface area contributed by atoms with Crippen LogP contribution in [0.3, 0.4) is 0 Å². The SMILES string of the molecule is [B]c1nc([B])n2c([B])nc(C)c([B])c12. The highest BCUT2D eigenvalue weighted by molar-refractivity contribution is 6.47. The van der Waals surface area contributed by atoms with Gasteiger partial charge >= 0.3 is 0 Å². The zero-order chi connectivity index (χ0) is 10.5. The molecule has 14 heavy (non-hydrogen) atoms. The molecule has 0 saturated heterocycles. The fraction of sp³-hybridized carbons (Fsp3) is 0.143. The third kappa shape index (κ3) is 1.11. The molecule has 2 rings (SSSR count). The van der Waals surface area contributed by atoms with Crippen LogP contribution in [0.25, 0.3) is 5.52 Å². The summed E-state index contributed by atoms with van der Waals surface area (Å²) in [6.45, 7) is 1.74. The van der Waals surface area contributed by atoms with Crippen LogP contribution in [0, 0.1) is 6.92 Å². The molecule has 8 radical (unpaired) electrons. The summed E-state index contributed by atoms with van der Waals surface area (Å²) in [5, 5.41) is 0. The minimum absolute atomic E-state index is 0.189. The number of fused-ring (bicyclic) bond motifs is 1. The molecule has 0 fully saturated rings. The van der Waals surface area contributed by atoms with Crippen LogP contribution in [0.15, 0.2) is 0 Å². The second kappa shape index (κ2) is 2.94. The van der Waals surface area contributed by atoms with Gasteiger partial charge in [0.2, 0.25) is 0 Å². The van der Waals surface area contributed by atoms with Crippen molar-refractivity contribution in [3.63, 3.8) is 0 Å². The summed E-state index contributed by atoms with van der Waals surface area (Å²) in [7, 11) is 22.7. The normalized spacial score (nSPS) is 10.9. The van der Waals surface area contributed by atoms with Gasteiger partial charge in [-0.1, -0.05) is 5.46 Å². The first-order valence-corrected chi connectivity index (χ1v) is 3.97. The molecule has 0 bridgehead atoms. The molecule has 0 N–H and O–H groups in total. The highest BCUT2D eigenvalue weighted by Crippen LogP contribution is 1.91. The van der Waals surface area contributed by atoms with E-state index in [-0.39, 0.29) is 17.0 Å². The molecule has 3 nitrogen and oxygen atoms in total. The van der Waals surface area contributed by atoms with Crippen LogP contribution in [0.1, 0.15) is 5.69 Å². The van der Waals surface area contributed by atoms with E-state index < -0.39 is 0 Å². The van der Waals surface area contributed by atoms with Crippen molar-refractivity contribution in [2.45, 2.75) is 6.92 Å². The lowest BCUT2D eigenvalue weighted by Crippen LogP contribution is -2.33. The lowest BCUT2D eigenvalue weighted by atomic mass is 9.88. The van der Waals surface area contributed by atoms with Gasteiger partial charge in [0, 0.05) is 11.3 Å². The van der Waals surface area contributed by atoms with Crippen molar-refractivity contribution in [1.29, 1.82) is 0 Å². The van der Waals surface area contributed by atoms with Crippen LogP contribution >= 0.6 is 0 Å². The molecule has 0 unspecified atom stereocenters. The summed E-state index contributed by atoms with van der Waals surface area (Å²) in [4.78, 5) is 7.89. The summed E-state index contributed by atoms with van der Waals surface area (Å²) >= 11 is 0. The van der Waals surface area contributed by atoms with E-state index in [4.69, 9.17) is 31.4 Å². The molecule has 58 valence electrons. The minimum Gasteiger partial charge on any atom is -0.305 e. The first-order valence-electron chi connectivity index (χ1n) is 3.97. The maximum atomic E-state index is 5.79. The van der Waals surface area contributed by atoms with Gasteiger partial charge in [-0.15, -0.1) is 0 Å². The van der Waals surface area contributed by atoms with E-state index in [0.717, 1.165) is 0 Å². The molecule has 0 aliphatic heterocycles. The lowest BCUT2D eigenvalue weighted by molar-refractivity contribution is 1.14. The summed E-state index contributed by atoms with van der Waals surface area (Å²) in [5.41, 5.74) is 2.26. The van der Waals surface area contributed by atoms with Crippen molar-refractivity contribution in [3.8, 4) is 0 Å². The Hall–Kier alpha value is -1.12. The number of hydrogen-bond acceptors (Lipinski definition) is 2. The lowest BCUT2D eigenvalue weighted by Gasteiger charge is -2.09. The molecule has 0 saturated carbocycles. The predicted octanol–water partition coefficient (Wildman–Crippen LogP) is -3.79. The Bertz CT molecular complexity index is 519. The van der Waals surface area contributed by atoms with E-state index >= 15 is 0 Å². The molecule has 0 atom stereocenters. The smallest absolute Gasteiger partial charge is 0.168 e. The topological polar surface area (TPSA) is 30.2 Å². The average Bonchev–Trinajstić information content (AvgIpc) is 2.38. The number of aryl methyl sites for hydroxylation is 1. The molecule has 0 aliphatic rings. The fourth-order valence-electron chi connectivity index (χ4n) is 1.40. The Kier molecular flexibility index (Phi) is 1.98.